The average molecular weight is 459 g/mol. The molecule has 0 aliphatic carbocycles. The minimum atomic E-state index is -3.62. The molecule has 0 amide bonds. The first kappa shape index (κ1) is 21.7. The van der Waals surface area contributed by atoms with Gasteiger partial charge in [-0.05, 0) is 23.3 Å². The molecule has 0 aliphatic rings. The number of aromatic amines is 2. The molecule has 4 aromatic rings. The monoisotopic (exact) mass is 459 g/mol. The molecule has 0 fully saturated rings. The first-order chi connectivity index (χ1) is 15.1. The third-order valence-electron chi connectivity index (χ3n) is 5.05. The number of aromatic nitrogens is 3. The summed E-state index contributed by atoms with van der Waals surface area (Å²) < 4.78 is 51.8. The maximum atomic E-state index is 13.0. The van der Waals surface area contributed by atoms with Crippen molar-refractivity contribution < 1.29 is 17.2 Å². The fourth-order valence-corrected chi connectivity index (χ4v) is 4.33. The van der Waals surface area contributed by atoms with Crippen LogP contribution in [0.2, 0.25) is 0 Å². The van der Waals surface area contributed by atoms with Gasteiger partial charge < -0.3 is 10.7 Å². The predicted molar refractivity (Wildman–Crippen MR) is 118 cm³/mol. The summed E-state index contributed by atoms with van der Waals surface area (Å²) in [4.78, 5) is 22.4. The van der Waals surface area contributed by atoms with Crippen molar-refractivity contribution in [2.45, 2.75) is 11.3 Å². The number of H-pyrrole nitrogens is 2. The zero-order valence-electron chi connectivity index (χ0n) is 17.1. The van der Waals surface area contributed by atoms with Gasteiger partial charge in [-0.25, -0.2) is 21.5 Å². The molecule has 0 radical (unpaired) electrons. The van der Waals surface area contributed by atoms with Crippen LogP contribution in [0.5, 0.6) is 0 Å². The molecule has 0 saturated carbocycles. The van der Waals surface area contributed by atoms with Gasteiger partial charge in [0.2, 0.25) is 16.0 Å². The molecule has 0 atom stereocenters. The van der Waals surface area contributed by atoms with E-state index in [4.69, 9.17) is 5.73 Å². The SMILES string of the molecule is CN(C)S(=O)(=O)c1ccc(-c2[nH]c3nc(N)[nH]c(=O)c3c2-c2ccc(C(F)F)cc2)cc1. The van der Waals surface area contributed by atoms with E-state index in [9.17, 15) is 22.0 Å². The van der Waals surface area contributed by atoms with E-state index in [1.807, 2.05) is 0 Å². The van der Waals surface area contributed by atoms with Gasteiger partial charge in [-0.2, -0.15) is 4.98 Å². The fraction of sp³-hybridized carbons (Fsp3) is 0.143. The molecule has 2 aromatic heterocycles. The Kier molecular flexibility index (Phi) is 5.31. The van der Waals surface area contributed by atoms with Crippen LogP contribution in [0.25, 0.3) is 33.4 Å². The second-order valence-corrected chi connectivity index (χ2v) is 9.44. The van der Waals surface area contributed by atoms with Crippen molar-refractivity contribution in [1.82, 2.24) is 19.3 Å². The van der Waals surface area contributed by atoms with E-state index in [-0.39, 0.29) is 27.4 Å². The van der Waals surface area contributed by atoms with Gasteiger partial charge in [0.25, 0.3) is 12.0 Å². The molecule has 0 aliphatic heterocycles. The van der Waals surface area contributed by atoms with E-state index in [0.29, 0.717) is 22.4 Å². The Bertz CT molecular complexity index is 1460. The van der Waals surface area contributed by atoms with Crippen LogP contribution in [0.15, 0.2) is 58.2 Å². The van der Waals surface area contributed by atoms with Crippen molar-refractivity contribution in [1.29, 1.82) is 0 Å². The number of benzene rings is 2. The standard InChI is InChI=1S/C21H19F2N5O3S/c1-28(2)32(30,31)14-9-7-12(8-10-14)17-15(11-3-5-13(6-4-11)18(22)23)16-19(25-17)26-21(24)27-20(16)29/h3-10,18H,1-2H3,(H4,24,25,26,27,29). The van der Waals surface area contributed by atoms with Crippen molar-refractivity contribution in [3.05, 3.63) is 64.4 Å². The van der Waals surface area contributed by atoms with E-state index in [1.165, 1.54) is 50.5 Å². The van der Waals surface area contributed by atoms with E-state index in [2.05, 4.69) is 15.0 Å². The van der Waals surface area contributed by atoms with Gasteiger partial charge in [0.15, 0.2) is 0 Å². The number of nitrogens with one attached hydrogen (secondary N) is 2. The van der Waals surface area contributed by atoms with Gasteiger partial charge >= 0.3 is 0 Å². The van der Waals surface area contributed by atoms with Crippen molar-refractivity contribution in [3.8, 4) is 22.4 Å². The molecule has 0 spiro atoms. The quantitative estimate of drug-likeness (QED) is 0.422. The smallest absolute Gasteiger partial charge is 0.263 e. The number of nitrogen functional groups attached to an aromatic ring is 1. The van der Waals surface area contributed by atoms with Crippen LogP contribution in [0.1, 0.15) is 12.0 Å². The van der Waals surface area contributed by atoms with E-state index < -0.39 is 22.0 Å². The maximum Gasteiger partial charge on any atom is 0.263 e. The predicted octanol–water partition coefficient (Wildman–Crippen LogP) is 3.36. The summed E-state index contributed by atoms with van der Waals surface area (Å²) in [5.41, 5.74) is 7.26. The minimum absolute atomic E-state index is 0.0812. The number of nitrogens with two attached hydrogens (primary N) is 1. The normalized spacial score (nSPS) is 12.2. The van der Waals surface area contributed by atoms with Crippen molar-refractivity contribution in [2.24, 2.45) is 0 Å². The third kappa shape index (κ3) is 3.65. The Morgan fingerprint density at radius 3 is 2.12 bits per heavy atom. The number of nitrogens with zero attached hydrogens (tertiary/aromatic N) is 2. The zero-order chi connectivity index (χ0) is 23.2. The molecule has 8 nitrogen and oxygen atoms in total. The highest BCUT2D eigenvalue weighted by atomic mass is 32.2. The van der Waals surface area contributed by atoms with Crippen LogP contribution < -0.4 is 11.3 Å². The number of halogens is 2. The molecular formula is C21H19F2N5O3S. The maximum absolute atomic E-state index is 13.0. The van der Waals surface area contributed by atoms with E-state index in [0.717, 1.165) is 4.31 Å². The number of sulfonamides is 1. The molecule has 32 heavy (non-hydrogen) atoms. The molecule has 2 heterocycles. The summed E-state index contributed by atoms with van der Waals surface area (Å²) in [7, 11) is -0.750. The fourth-order valence-electron chi connectivity index (χ4n) is 3.42. The lowest BCUT2D eigenvalue weighted by Crippen LogP contribution is -2.22. The Labute approximate surface area is 181 Å². The molecule has 4 N–H and O–H groups in total. The second-order valence-electron chi connectivity index (χ2n) is 7.28. The van der Waals surface area contributed by atoms with Gasteiger partial charge in [0.1, 0.15) is 5.65 Å². The third-order valence-corrected chi connectivity index (χ3v) is 6.88. The average Bonchev–Trinajstić information content (AvgIpc) is 3.13. The summed E-state index contributed by atoms with van der Waals surface area (Å²) in [6, 6.07) is 11.6. The van der Waals surface area contributed by atoms with Gasteiger partial charge in [-0.15, -0.1) is 0 Å². The Morgan fingerprint density at radius 1 is 0.969 bits per heavy atom. The van der Waals surface area contributed by atoms with Crippen LogP contribution in [-0.4, -0.2) is 41.8 Å². The highest BCUT2D eigenvalue weighted by molar-refractivity contribution is 7.89. The van der Waals surface area contributed by atoms with Crippen molar-refractivity contribution in [2.75, 3.05) is 19.8 Å². The number of anilines is 1. The topological polar surface area (TPSA) is 125 Å². The molecule has 4 rings (SSSR count). The van der Waals surface area contributed by atoms with E-state index in [1.54, 1.807) is 12.1 Å². The first-order valence-electron chi connectivity index (χ1n) is 9.42. The number of alkyl halides is 2. The first-order valence-corrected chi connectivity index (χ1v) is 10.9. The second kappa shape index (κ2) is 7.84. The Hall–Kier alpha value is -3.57. The van der Waals surface area contributed by atoms with E-state index >= 15 is 0 Å². The largest absolute Gasteiger partial charge is 0.369 e. The molecule has 11 heteroatoms. The summed E-state index contributed by atoms with van der Waals surface area (Å²) in [6.07, 6.45) is -2.62. The highest BCUT2D eigenvalue weighted by Crippen LogP contribution is 2.37. The lowest BCUT2D eigenvalue weighted by Gasteiger charge is -2.12. The molecular weight excluding hydrogens is 440 g/mol. The van der Waals surface area contributed by atoms with Crippen LogP contribution in [0.3, 0.4) is 0 Å². The lowest BCUT2D eigenvalue weighted by atomic mass is 9.98. The number of hydrogen-bond donors (Lipinski definition) is 3. The molecule has 166 valence electrons. The van der Waals surface area contributed by atoms with Crippen LogP contribution in [0.4, 0.5) is 14.7 Å². The number of fused-ring (bicyclic) bond motifs is 1. The van der Waals surface area contributed by atoms with Crippen LogP contribution in [0, 0.1) is 0 Å². The van der Waals surface area contributed by atoms with Crippen molar-refractivity contribution in [3.63, 3.8) is 0 Å². The van der Waals surface area contributed by atoms with Crippen molar-refractivity contribution >= 4 is 27.0 Å². The molecule has 0 bridgehead atoms. The molecule has 0 saturated heterocycles. The van der Waals surface area contributed by atoms with Crippen LogP contribution >= 0.6 is 0 Å². The zero-order valence-corrected chi connectivity index (χ0v) is 17.9. The summed E-state index contributed by atoms with van der Waals surface area (Å²) >= 11 is 0. The van der Waals surface area contributed by atoms with Crippen LogP contribution in [-0.2, 0) is 10.0 Å². The molecule has 2 aromatic carbocycles. The summed E-state index contributed by atoms with van der Waals surface area (Å²) in [5, 5.41) is 0.212. The Morgan fingerprint density at radius 2 is 1.56 bits per heavy atom. The van der Waals surface area contributed by atoms with Gasteiger partial charge in [-0.1, -0.05) is 36.4 Å². The number of rotatable bonds is 5. The van der Waals surface area contributed by atoms with Gasteiger partial charge in [-0.3, -0.25) is 9.78 Å². The van der Waals surface area contributed by atoms with Gasteiger partial charge in [0, 0.05) is 25.2 Å². The highest BCUT2D eigenvalue weighted by Gasteiger charge is 2.21. The lowest BCUT2D eigenvalue weighted by molar-refractivity contribution is 0.151. The summed E-state index contributed by atoms with van der Waals surface area (Å²) in [6.45, 7) is 0. The minimum Gasteiger partial charge on any atom is -0.369 e. The van der Waals surface area contributed by atoms with Gasteiger partial charge in [0.05, 0.1) is 16.0 Å². The number of hydrogen-bond acceptors (Lipinski definition) is 5. The Balaban J connectivity index is 1.95. The summed E-state index contributed by atoms with van der Waals surface area (Å²) in [5.74, 6) is -0.0812. The molecule has 0 unspecified atom stereocenters.